The number of nitrogens with zero attached hydrogens (tertiary/aromatic N) is 16. The minimum atomic E-state index is -2.49. The molecular formula is C91H122BrCl5N16O6S2Sn. The molecule has 3 aliphatic rings. The first-order valence-electron chi connectivity index (χ1n) is 42.4. The molecule has 0 spiro atoms. The zero-order valence-corrected chi connectivity index (χ0v) is 84.2. The number of rotatable bonds is 25. The fraction of sp³-hybridized carbons (Fsp3) is 0.516. The van der Waals surface area contributed by atoms with Crippen LogP contribution in [0.25, 0.3) is 53.4 Å². The summed E-state index contributed by atoms with van der Waals surface area (Å²) in [5.74, 6) is 2.00. The van der Waals surface area contributed by atoms with Crippen LogP contribution in [-0.4, -0.2) is 217 Å². The van der Waals surface area contributed by atoms with E-state index >= 15 is 0 Å². The largest absolute Gasteiger partial charge is 0.467 e. The third-order valence-electron chi connectivity index (χ3n) is 21.7. The van der Waals surface area contributed by atoms with Crippen LogP contribution < -0.4 is 18.4 Å². The molecule has 0 saturated carbocycles. The van der Waals surface area contributed by atoms with Crippen LogP contribution in [0.2, 0.25) is 38.8 Å². The molecular weight excluding hydrogens is 1850 g/mol. The van der Waals surface area contributed by atoms with Crippen molar-refractivity contribution in [2.75, 3.05) is 107 Å². The summed E-state index contributed by atoms with van der Waals surface area (Å²) >= 11 is 33.0. The summed E-state index contributed by atoms with van der Waals surface area (Å²) in [6.45, 7) is 48.4. The van der Waals surface area contributed by atoms with Crippen molar-refractivity contribution < 1.29 is 28.5 Å². The van der Waals surface area contributed by atoms with Gasteiger partial charge in [0.2, 0.25) is 0 Å². The molecule has 3 fully saturated rings. The average Bonchev–Trinajstić information content (AvgIpc) is 0.813. The van der Waals surface area contributed by atoms with E-state index in [1.54, 1.807) is 18.6 Å². The van der Waals surface area contributed by atoms with Crippen molar-refractivity contribution in [3.05, 3.63) is 162 Å². The van der Waals surface area contributed by atoms with E-state index in [0.717, 1.165) is 176 Å². The van der Waals surface area contributed by atoms with E-state index in [0.29, 0.717) is 43.6 Å². The smallest absolute Gasteiger partial charge is 0.339 e. The van der Waals surface area contributed by atoms with Gasteiger partial charge in [-0.2, -0.15) is 0 Å². The molecule has 4 aromatic carbocycles. The number of anilines is 3. The van der Waals surface area contributed by atoms with Gasteiger partial charge in [0.1, 0.15) is 37.8 Å². The quantitative estimate of drug-likeness (QED) is 0.0383. The molecule has 0 unspecified atom stereocenters. The SMILES string of the molecule is CC(C)N1CCN(c2cncc(Cl)n2)CC1.CCC[CH2][Sn]([CH2]CCC)([CH2]CCC)[c]1cncc(N2CCN(C(C)C)CC2)n1.COC(=O)[C@@H](OC(C)(C)C)c1c(C)cc2nc(-c3cncc(N4CCN(C(C)C)CC4)n3)sc2c1-c1ccc(Cl)cc1.COC(=O)[C@@H](OC(C)(C)C)c1c(C)cc2nc(Br)sc2c1-c1ccc(Cl)cc1.Clc1cncc(Cl)n1. The van der Waals surface area contributed by atoms with Crippen LogP contribution in [-0.2, 0) is 28.5 Å². The van der Waals surface area contributed by atoms with Crippen LogP contribution in [0.4, 0.5) is 17.5 Å². The summed E-state index contributed by atoms with van der Waals surface area (Å²) in [6.07, 6.45) is 20.2. The third-order valence-corrected chi connectivity index (χ3v) is 40.4. The number of piperazine rings is 3. The second kappa shape index (κ2) is 47.1. The number of benzene rings is 4. The fourth-order valence-electron chi connectivity index (χ4n) is 15.2. The summed E-state index contributed by atoms with van der Waals surface area (Å²) in [5.41, 5.74) is 8.24. The van der Waals surface area contributed by atoms with Crippen molar-refractivity contribution in [3.63, 3.8) is 0 Å². The molecule has 0 amide bonds. The first-order valence-corrected chi connectivity index (χ1v) is 54.2. The van der Waals surface area contributed by atoms with Gasteiger partial charge in [0.15, 0.2) is 16.1 Å². The summed E-state index contributed by atoms with van der Waals surface area (Å²) in [6, 6.07) is 21.0. The number of esters is 2. The van der Waals surface area contributed by atoms with Crippen molar-refractivity contribution >= 4 is 169 Å². The number of aromatic nitrogens is 10. The number of ether oxygens (including phenoxy) is 4. The van der Waals surface area contributed by atoms with Gasteiger partial charge >= 0.3 is 191 Å². The number of methoxy groups -OCH3 is 2. The second-order valence-corrected chi connectivity index (χ2v) is 52.1. The first-order chi connectivity index (χ1) is 58.1. The van der Waals surface area contributed by atoms with E-state index in [2.05, 4.69) is 144 Å². The Hall–Kier alpha value is -6.15. The number of aryl methyl sites for hydroxylation is 2. The standard InChI is InChI=1S/C32H38ClN5O3S.C21H21BrClNO3S.C11H17ClN4.C11H17N4.C4H2Cl2N2.3C4H9.Sn/c1-19(2)37-12-14-38(15-13-37)25-18-34-17-24(35-25)30-36-23-16-20(3)26(28(31(39)40-7)41-32(4,5)6)27(29(23)42-30)21-8-10-22(33)11-9-21;1-11-10-14-18(28-20(22)24-14)16(12-6-8-13(23)9-7-12)15(11)17(19(25)26-5)27-21(2,3)4;1-9(2)15-3-5-16(6-4-15)11-8-13-7-10(12)14-11;1-10(2)14-5-7-15(8-6-14)11-9-12-3-4-13-11;5-3-1-7-2-4(6)8-3;3*1-3-4-2;/h8-11,16-19,28H,12-15H2,1-7H3;6-10,17H,1-5H3;7-9H,3-6H2,1-2H3;3,9-10H,5-8H2,1-2H3;1-2H;3*1,3-4H2,2H3;/t28-;17-;;;;;;;/m00......./s1. The maximum atomic E-state index is 13.2. The summed E-state index contributed by atoms with van der Waals surface area (Å²) < 4.78 is 31.4. The van der Waals surface area contributed by atoms with Gasteiger partial charge in [-0.3, -0.25) is 24.8 Å². The normalized spacial score (nSPS) is 15.0. The minimum absolute atomic E-state index is 0.317. The topological polar surface area (TPSA) is 219 Å². The summed E-state index contributed by atoms with van der Waals surface area (Å²) in [4.78, 5) is 85.3. The van der Waals surface area contributed by atoms with Crippen LogP contribution in [0.15, 0.2) is 114 Å². The molecule has 2 atom stereocenters. The Kier molecular flexibility index (Phi) is 38.4. The maximum Gasteiger partial charge on any atom is 0.339 e. The molecule has 31 heteroatoms. The number of carbonyl (C=O) groups is 2. The van der Waals surface area contributed by atoms with Gasteiger partial charge in [0.25, 0.3) is 0 Å². The van der Waals surface area contributed by atoms with Crippen molar-refractivity contribution in [1.29, 1.82) is 0 Å². The Labute approximate surface area is 768 Å². The zero-order chi connectivity index (χ0) is 88.8. The van der Waals surface area contributed by atoms with E-state index in [-0.39, 0.29) is 0 Å². The summed E-state index contributed by atoms with van der Waals surface area (Å²) in [5, 5.41) is 3.14. The molecule has 0 N–H and O–H groups in total. The Morgan fingerprint density at radius 3 is 1.17 bits per heavy atom. The summed E-state index contributed by atoms with van der Waals surface area (Å²) in [7, 11) is 2.76. The monoisotopic (exact) mass is 1970 g/mol. The molecule has 3 saturated heterocycles. The van der Waals surface area contributed by atoms with Crippen LogP contribution in [0.1, 0.15) is 177 Å². The van der Waals surface area contributed by atoms with E-state index in [4.69, 9.17) is 96.9 Å². The molecule has 3 aliphatic heterocycles. The van der Waals surface area contributed by atoms with Crippen molar-refractivity contribution in [2.45, 2.75) is 211 Å². The number of halogens is 6. The Bertz CT molecular complexity index is 4960. The molecule has 122 heavy (non-hydrogen) atoms. The van der Waals surface area contributed by atoms with E-state index < -0.39 is 53.7 Å². The fourth-order valence-corrected chi connectivity index (χ4v) is 33.7. The predicted octanol–water partition coefficient (Wildman–Crippen LogP) is 22.2. The Morgan fingerprint density at radius 1 is 0.459 bits per heavy atom. The van der Waals surface area contributed by atoms with E-state index in [1.165, 1.54) is 105 Å². The van der Waals surface area contributed by atoms with Gasteiger partial charge in [0.05, 0.1) is 83.0 Å². The average molecular weight is 1980 g/mol. The molecule has 0 aliphatic carbocycles. The van der Waals surface area contributed by atoms with Crippen LogP contribution in [0.5, 0.6) is 0 Å². The number of carbonyl (C=O) groups excluding carboxylic acids is 2. The maximum absolute atomic E-state index is 13.2. The number of hydrogen-bond donors (Lipinski definition) is 0. The molecule has 22 nitrogen and oxygen atoms in total. The van der Waals surface area contributed by atoms with Gasteiger partial charge < -0.3 is 28.7 Å². The first kappa shape index (κ1) is 99.6. The van der Waals surface area contributed by atoms with Gasteiger partial charge in [-0.05, 0) is 158 Å². The van der Waals surface area contributed by atoms with Crippen molar-refractivity contribution in [1.82, 2.24) is 64.5 Å². The van der Waals surface area contributed by atoms with Crippen LogP contribution in [0.3, 0.4) is 0 Å². The zero-order valence-electron chi connectivity index (χ0n) is 74.3. The van der Waals surface area contributed by atoms with Crippen LogP contribution >= 0.6 is 96.6 Å². The van der Waals surface area contributed by atoms with Crippen molar-refractivity contribution in [3.8, 4) is 33.0 Å². The molecule has 0 radical (unpaired) electrons. The number of thiazole rings is 2. The van der Waals surface area contributed by atoms with Gasteiger partial charge in [-0.25, -0.2) is 34.5 Å². The molecule has 13 rings (SSSR count). The van der Waals surface area contributed by atoms with E-state index in [1.807, 2.05) is 128 Å². The molecule has 6 aromatic heterocycles. The second-order valence-electron chi connectivity index (χ2n) is 33.8. The molecule has 660 valence electrons. The predicted molar refractivity (Wildman–Crippen MR) is 512 cm³/mol. The third kappa shape index (κ3) is 28.2. The molecule has 10 aromatic rings. The van der Waals surface area contributed by atoms with Crippen molar-refractivity contribution in [2.24, 2.45) is 0 Å². The number of fused-ring (bicyclic) bond motifs is 2. The van der Waals surface area contributed by atoms with Crippen LogP contribution in [0, 0.1) is 13.8 Å². The van der Waals surface area contributed by atoms with Gasteiger partial charge in [0, 0.05) is 96.7 Å². The van der Waals surface area contributed by atoms with E-state index in [9.17, 15) is 9.59 Å². The molecule has 0 bridgehead atoms. The number of unbranched alkanes of at least 4 members (excludes halogenated alkanes) is 3. The van der Waals surface area contributed by atoms with Gasteiger partial charge in [-0.1, -0.05) is 82.3 Å². The number of hydrogen-bond acceptors (Lipinski definition) is 24. The Morgan fingerprint density at radius 2 is 0.811 bits per heavy atom. The Balaban J connectivity index is 0.000000186. The molecule has 9 heterocycles. The minimum Gasteiger partial charge on any atom is -0.467 e. The van der Waals surface area contributed by atoms with Gasteiger partial charge in [-0.15, -0.1) is 22.7 Å².